The number of benzene rings is 5. The number of aromatic nitrogens is 3. The first kappa shape index (κ1) is 36.7. The Labute approximate surface area is 317 Å². The molecular formula is C42H40FN5O7. The third kappa shape index (κ3) is 9.68. The third-order valence-electron chi connectivity index (χ3n) is 9.25. The van der Waals surface area contributed by atoms with Crippen LogP contribution in [0.2, 0.25) is 0 Å². The molecule has 13 heteroatoms. The summed E-state index contributed by atoms with van der Waals surface area (Å²) >= 11 is 0. The second kappa shape index (κ2) is 17.9. The number of hydrogen-bond acceptors (Lipinski definition) is 9. The highest BCUT2D eigenvalue weighted by atomic mass is 18.2. The van der Waals surface area contributed by atoms with Crippen LogP contribution in [0.5, 0.6) is 11.5 Å². The van der Waals surface area contributed by atoms with Gasteiger partial charge in [-0.05, 0) is 87.8 Å². The zero-order valence-electron chi connectivity index (χ0n) is 30.1. The van der Waals surface area contributed by atoms with Crippen molar-refractivity contribution >= 4 is 23.2 Å². The molecule has 2 amide bonds. The van der Waals surface area contributed by atoms with Gasteiger partial charge in [-0.25, -0.2) is 14.0 Å². The quantitative estimate of drug-likeness (QED) is 0.134. The summed E-state index contributed by atoms with van der Waals surface area (Å²) in [6.07, 6.45) is 0.881. The number of rotatable bonds is 10. The summed E-state index contributed by atoms with van der Waals surface area (Å²) < 4.78 is 33.7. The van der Waals surface area contributed by atoms with Gasteiger partial charge in [0.1, 0.15) is 35.7 Å². The molecule has 0 N–H and O–H groups in total. The lowest BCUT2D eigenvalue weighted by molar-refractivity contribution is -0.00938. The number of carbonyl (C=O) groups is 2. The normalized spacial score (nSPS) is 13.1. The Balaban J connectivity index is 0.000000179. The molecule has 2 aliphatic heterocycles. The van der Waals surface area contributed by atoms with Crippen molar-refractivity contribution in [1.82, 2.24) is 25.0 Å². The minimum absolute atomic E-state index is 0.0189. The van der Waals surface area contributed by atoms with Gasteiger partial charge < -0.3 is 33.6 Å². The topological polar surface area (TPSA) is 117 Å². The van der Waals surface area contributed by atoms with E-state index in [9.17, 15) is 14.0 Å². The molecule has 0 unspecified atom stereocenters. The molecule has 8 rings (SSSR count). The Morgan fingerprint density at radius 2 is 1.15 bits per heavy atom. The molecule has 55 heavy (non-hydrogen) atoms. The van der Waals surface area contributed by atoms with Crippen LogP contribution >= 0.6 is 0 Å². The maximum absolute atomic E-state index is 12.5. The van der Waals surface area contributed by atoms with Crippen molar-refractivity contribution in [3.05, 3.63) is 155 Å². The molecule has 0 atom stereocenters. The molecule has 12 nitrogen and oxygen atoms in total. The van der Waals surface area contributed by atoms with Gasteiger partial charge in [-0.3, -0.25) is 0 Å². The van der Waals surface area contributed by atoms with Crippen LogP contribution in [0.4, 0.5) is 14.0 Å². The van der Waals surface area contributed by atoms with Gasteiger partial charge in [0.2, 0.25) is 6.86 Å². The highest BCUT2D eigenvalue weighted by molar-refractivity contribution is 5.73. The fourth-order valence-electron chi connectivity index (χ4n) is 6.33. The number of ether oxygens (including phenoxy) is 4. The van der Waals surface area contributed by atoms with E-state index in [1.54, 1.807) is 21.9 Å². The summed E-state index contributed by atoms with van der Waals surface area (Å²) in [5.41, 5.74) is 7.81. The molecule has 2 aliphatic rings. The van der Waals surface area contributed by atoms with Crippen molar-refractivity contribution < 1.29 is 37.8 Å². The van der Waals surface area contributed by atoms with Gasteiger partial charge in [-0.1, -0.05) is 89.8 Å². The lowest BCUT2D eigenvalue weighted by Crippen LogP contribution is -2.36. The minimum atomic E-state index is -0.860. The summed E-state index contributed by atoms with van der Waals surface area (Å²) in [5.74, 6) is 1.14. The van der Waals surface area contributed by atoms with Crippen molar-refractivity contribution in [3.63, 3.8) is 0 Å². The van der Waals surface area contributed by atoms with E-state index in [1.807, 2.05) is 109 Å². The average Bonchev–Trinajstić information content (AvgIpc) is 3.65. The molecule has 282 valence electrons. The number of carbonyl (C=O) groups excluding carboxylic acids is 2. The summed E-state index contributed by atoms with van der Waals surface area (Å²) in [6.45, 7) is 1.82. The largest absolute Gasteiger partial charge is 0.463 e. The number of para-hydroxylation sites is 1. The van der Waals surface area contributed by atoms with Gasteiger partial charge in [0, 0.05) is 26.2 Å². The highest BCUT2D eigenvalue weighted by Gasteiger charge is 2.24. The first-order valence-corrected chi connectivity index (χ1v) is 17.9. The van der Waals surface area contributed by atoms with Crippen LogP contribution in [0.15, 0.2) is 121 Å². The van der Waals surface area contributed by atoms with Gasteiger partial charge in [0.15, 0.2) is 0 Å². The fourth-order valence-corrected chi connectivity index (χ4v) is 6.33. The Kier molecular flexibility index (Phi) is 12.0. The van der Waals surface area contributed by atoms with E-state index < -0.39 is 6.86 Å². The van der Waals surface area contributed by atoms with Crippen molar-refractivity contribution in [2.24, 2.45) is 0 Å². The predicted molar refractivity (Wildman–Crippen MR) is 201 cm³/mol. The Hall–Kier alpha value is -6.63. The van der Waals surface area contributed by atoms with Crippen molar-refractivity contribution in [2.75, 3.05) is 26.7 Å². The van der Waals surface area contributed by atoms with Crippen LogP contribution in [0.25, 0.3) is 11.0 Å². The van der Waals surface area contributed by atoms with E-state index in [2.05, 4.69) is 10.3 Å². The second-order valence-corrected chi connectivity index (χ2v) is 12.9. The number of amides is 2. The van der Waals surface area contributed by atoms with E-state index in [-0.39, 0.29) is 32.2 Å². The van der Waals surface area contributed by atoms with Crippen LogP contribution in [-0.4, -0.2) is 63.9 Å². The van der Waals surface area contributed by atoms with Crippen molar-refractivity contribution in [3.8, 4) is 11.5 Å². The van der Waals surface area contributed by atoms with Gasteiger partial charge in [-0.15, -0.1) is 5.10 Å². The molecule has 0 saturated heterocycles. The molecule has 0 spiro atoms. The molecule has 0 fully saturated rings. The smallest absolute Gasteiger partial charge is 0.410 e. The lowest BCUT2D eigenvalue weighted by atomic mass is 10.00. The van der Waals surface area contributed by atoms with Crippen LogP contribution in [0.3, 0.4) is 0 Å². The van der Waals surface area contributed by atoms with Gasteiger partial charge >= 0.3 is 12.2 Å². The Morgan fingerprint density at radius 1 is 0.618 bits per heavy atom. The lowest BCUT2D eigenvalue weighted by Gasteiger charge is -2.28. The van der Waals surface area contributed by atoms with Crippen LogP contribution in [-0.2, 0) is 48.6 Å². The molecular weight excluding hydrogens is 704 g/mol. The predicted octanol–water partition coefficient (Wildman–Crippen LogP) is 7.28. The molecule has 5 aromatic carbocycles. The van der Waals surface area contributed by atoms with Crippen LogP contribution < -0.4 is 14.3 Å². The number of alkyl halides is 1. The monoisotopic (exact) mass is 744 g/mol. The molecule has 6 aromatic rings. The van der Waals surface area contributed by atoms with Gasteiger partial charge in [0.05, 0.1) is 0 Å². The van der Waals surface area contributed by atoms with Gasteiger partial charge in [0.25, 0.3) is 6.79 Å². The molecule has 0 bridgehead atoms. The van der Waals surface area contributed by atoms with Crippen LogP contribution in [0, 0.1) is 0 Å². The summed E-state index contributed by atoms with van der Waals surface area (Å²) in [7, 11) is 0. The number of nitrogens with zero attached hydrogens (tertiary/aromatic N) is 5. The first-order chi connectivity index (χ1) is 27.0. The van der Waals surface area contributed by atoms with Crippen molar-refractivity contribution in [1.29, 1.82) is 0 Å². The SMILES string of the molecule is O=C(OCc1ccccc1)N1CCc2ccc(OCOn3nnc4ccccc43)cc2C1.O=C(OCc1ccccc1)N1CCc2ccc(OC[18F])cc2C1. The molecule has 3 heterocycles. The molecule has 0 saturated carbocycles. The Morgan fingerprint density at radius 3 is 1.71 bits per heavy atom. The minimum Gasteiger partial charge on any atom is -0.463 e. The Bertz CT molecular complexity index is 2200. The summed E-state index contributed by atoms with van der Waals surface area (Å²) in [6, 6.07) is 38.1. The third-order valence-corrected chi connectivity index (χ3v) is 9.25. The zero-order chi connectivity index (χ0) is 37.8. The van der Waals surface area contributed by atoms with E-state index in [1.165, 1.54) is 10.4 Å². The molecule has 0 aliphatic carbocycles. The zero-order valence-corrected chi connectivity index (χ0v) is 30.1. The van der Waals surface area contributed by atoms with Crippen LogP contribution in [0.1, 0.15) is 33.4 Å². The van der Waals surface area contributed by atoms with Crippen molar-refractivity contribution in [2.45, 2.75) is 39.1 Å². The summed E-state index contributed by atoms with van der Waals surface area (Å²) in [4.78, 5) is 35.0. The van der Waals surface area contributed by atoms with E-state index in [0.29, 0.717) is 37.7 Å². The fraction of sp³-hybridized carbons (Fsp3) is 0.238. The van der Waals surface area contributed by atoms with E-state index in [0.717, 1.165) is 51.7 Å². The second-order valence-electron chi connectivity index (χ2n) is 12.9. The maximum atomic E-state index is 12.5. The number of hydrogen-bond donors (Lipinski definition) is 0. The van der Waals surface area contributed by atoms with E-state index >= 15 is 0 Å². The average molecular weight is 745 g/mol. The summed E-state index contributed by atoms with van der Waals surface area (Å²) in [5, 5.41) is 8.02. The standard InChI is InChI=1S/C24H22N4O4.C18H18FNO3/c29-24(30-16-18-6-2-1-3-7-18)27-13-12-19-10-11-21(14-20(19)15-27)31-17-32-28-23-9-5-4-8-22(23)25-26-28;19-13-23-17-7-6-15-8-9-20(11-16(15)10-17)18(21)22-12-14-4-2-1-3-5-14/h1-11,14H,12-13,15-17H2;1-7,10H,8-9,11-13H2/i;19-1. The first-order valence-electron chi connectivity index (χ1n) is 17.9. The maximum Gasteiger partial charge on any atom is 0.410 e. The number of halogens is 1. The molecule has 0 radical (unpaired) electrons. The van der Waals surface area contributed by atoms with Gasteiger partial charge in [-0.2, -0.15) is 0 Å². The number of fused-ring (bicyclic) bond motifs is 3. The highest BCUT2D eigenvalue weighted by Crippen LogP contribution is 2.26. The molecule has 1 aromatic heterocycles. The van der Waals surface area contributed by atoms with E-state index in [4.69, 9.17) is 23.8 Å².